The molecular formula is C13H12N3O3+. The molecule has 6 nitrogen and oxygen atoms in total. The lowest BCUT2D eigenvalue weighted by molar-refractivity contribution is -0.433. The van der Waals surface area contributed by atoms with E-state index in [4.69, 9.17) is 10.5 Å². The summed E-state index contributed by atoms with van der Waals surface area (Å²) in [7, 11) is 1.52. The van der Waals surface area contributed by atoms with Gasteiger partial charge in [0.15, 0.2) is 11.0 Å². The van der Waals surface area contributed by atoms with Crippen molar-refractivity contribution in [2.24, 2.45) is 0 Å². The number of nitrogens with zero attached hydrogens (tertiary/aromatic N) is 2. The second-order valence-electron chi connectivity index (χ2n) is 4.21. The standard InChI is InChI=1S/C13H12N3O3/c1-19-9-3-5-11-13(7-9)16(18)10-4-2-8(14)6-12(10)15(11)17/h2-7,17H,14H2,1H3/q+1. The molecule has 19 heavy (non-hydrogen) atoms. The molecule has 0 saturated heterocycles. The predicted octanol–water partition coefficient (Wildman–Crippen LogP) is 1.54. The number of aromatic nitrogens is 2. The fraction of sp³-hybridized carbons (Fsp3) is 0.0769. The molecule has 0 saturated carbocycles. The number of anilines is 1. The summed E-state index contributed by atoms with van der Waals surface area (Å²) >= 11 is 0. The zero-order valence-corrected chi connectivity index (χ0v) is 10.2. The Morgan fingerprint density at radius 1 is 1.16 bits per heavy atom. The van der Waals surface area contributed by atoms with Gasteiger partial charge in [0.25, 0.3) is 11.0 Å². The third kappa shape index (κ3) is 1.57. The highest BCUT2D eigenvalue weighted by molar-refractivity contribution is 5.84. The highest BCUT2D eigenvalue weighted by atomic mass is 16.5. The van der Waals surface area contributed by atoms with Crippen molar-refractivity contribution in [1.29, 1.82) is 0 Å². The third-order valence-electron chi connectivity index (χ3n) is 3.08. The first kappa shape index (κ1) is 11.3. The van der Waals surface area contributed by atoms with Gasteiger partial charge in [-0.3, -0.25) is 0 Å². The average molecular weight is 258 g/mol. The fourth-order valence-corrected chi connectivity index (χ4v) is 2.11. The van der Waals surface area contributed by atoms with Crippen LogP contribution in [0.1, 0.15) is 0 Å². The number of fused-ring (bicyclic) bond motifs is 2. The van der Waals surface area contributed by atoms with Gasteiger partial charge in [0.05, 0.1) is 17.6 Å². The summed E-state index contributed by atoms with van der Waals surface area (Å²) in [6.45, 7) is 0. The molecule has 0 aliphatic heterocycles. The van der Waals surface area contributed by atoms with E-state index in [1.54, 1.807) is 36.4 Å². The zero-order chi connectivity index (χ0) is 13.6. The zero-order valence-electron chi connectivity index (χ0n) is 10.2. The number of nitrogen functional groups attached to an aromatic ring is 1. The largest absolute Gasteiger partial charge is 0.496 e. The Bertz CT molecular complexity index is 855. The van der Waals surface area contributed by atoms with Crippen LogP contribution in [0.15, 0.2) is 36.4 Å². The molecule has 1 aromatic heterocycles. The van der Waals surface area contributed by atoms with E-state index in [0.29, 0.717) is 33.5 Å². The first-order chi connectivity index (χ1) is 9.11. The Balaban J connectivity index is 2.56. The molecule has 0 spiro atoms. The van der Waals surface area contributed by atoms with E-state index in [0.717, 1.165) is 9.16 Å². The van der Waals surface area contributed by atoms with E-state index in [1.807, 2.05) is 0 Å². The molecular weight excluding hydrogens is 246 g/mol. The molecule has 3 rings (SSSR count). The average Bonchev–Trinajstić information content (AvgIpc) is 2.44. The summed E-state index contributed by atoms with van der Waals surface area (Å²) < 4.78 is 6.79. The molecule has 0 fully saturated rings. The van der Waals surface area contributed by atoms with Gasteiger partial charge < -0.3 is 15.7 Å². The SMILES string of the molecule is COc1ccc2c(c1)[n+](=O)c1ccc(N)cc1n2O. The van der Waals surface area contributed by atoms with Crippen molar-refractivity contribution < 1.29 is 14.4 Å². The van der Waals surface area contributed by atoms with Crippen LogP contribution in [0.2, 0.25) is 0 Å². The topological polar surface area (TPSA) is 83.4 Å². The Kier molecular flexibility index (Phi) is 2.31. The second-order valence-corrected chi connectivity index (χ2v) is 4.21. The molecule has 0 unspecified atom stereocenters. The van der Waals surface area contributed by atoms with Crippen molar-refractivity contribution in [2.75, 3.05) is 12.8 Å². The number of benzene rings is 2. The molecule has 0 amide bonds. The number of ether oxygens (including phenoxy) is 1. The van der Waals surface area contributed by atoms with Crippen LogP contribution in [0.5, 0.6) is 5.75 Å². The summed E-state index contributed by atoms with van der Waals surface area (Å²) in [5, 5.41) is 10.2. The molecule has 0 aliphatic rings. The maximum Gasteiger partial charge on any atom is 0.294 e. The highest BCUT2D eigenvalue weighted by Gasteiger charge is 2.19. The van der Waals surface area contributed by atoms with Crippen LogP contribution < -0.4 is 14.9 Å². The van der Waals surface area contributed by atoms with Gasteiger partial charge in [0.2, 0.25) is 0 Å². The lowest BCUT2D eigenvalue weighted by atomic mass is 10.2. The minimum atomic E-state index is 0.319. The van der Waals surface area contributed by atoms with Crippen LogP contribution in [-0.2, 0) is 0 Å². The lowest BCUT2D eigenvalue weighted by Gasteiger charge is -2.05. The molecule has 0 atom stereocenters. The van der Waals surface area contributed by atoms with Crippen molar-refractivity contribution in [3.63, 3.8) is 0 Å². The van der Waals surface area contributed by atoms with Crippen LogP contribution >= 0.6 is 0 Å². The summed E-state index contributed by atoms with van der Waals surface area (Å²) in [6.07, 6.45) is 0. The molecule has 6 heteroatoms. The number of rotatable bonds is 1. The Labute approximate surface area is 107 Å². The van der Waals surface area contributed by atoms with E-state index in [9.17, 15) is 10.1 Å². The molecule has 3 aromatic rings. The van der Waals surface area contributed by atoms with Gasteiger partial charge >= 0.3 is 0 Å². The van der Waals surface area contributed by atoms with Crippen LogP contribution in [-0.4, -0.2) is 17.0 Å². The van der Waals surface area contributed by atoms with Gasteiger partial charge in [-0.1, -0.05) is 0 Å². The van der Waals surface area contributed by atoms with E-state index in [-0.39, 0.29) is 0 Å². The Morgan fingerprint density at radius 2 is 1.95 bits per heavy atom. The van der Waals surface area contributed by atoms with E-state index in [1.165, 1.54) is 7.11 Å². The van der Waals surface area contributed by atoms with Crippen LogP contribution in [0, 0.1) is 4.91 Å². The third-order valence-corrected chi connectivity index (χ3v) is 3.08. The molecule has 96 valence electrons. The normalized spacial score (nSPS) is 11.0. The number of methoxy groups -OCH3 is 1. The monoisotopic (exact) mass is 258 g/mol. The molecule has 1 heterocycles. The second kappa shape index (κ2) is 3.88. The fourth-order valence-electron chi connectivity index (χ4n) is 2.11. The first-order valence-electron chi connectivity index (χ1n) is 5.65. The van der Waals surface area contributed by atoms with Gasteiger partial charge in [0.1, 0.15) is 5.75 Å². The molecule has 2 aromatic carbocycles. The predicted molar refractivity (Wildman–Crippen MR) is 71.0 cm³/mol. The van der Waals surface area contributed by atoms with E-state index >= 15 is 0 Å². The molecule has 3 N–H and O–H groups in total. The number of nitrogens with two attached hydrogens (primary N) is 1. The minimum Gasteiger partial charge on any atom is -0.496 e. The smallest absolute Gasteiger partial charge is 0.294 e. The summed E-state index contributed by atoms with van der Waals surface area (Å²) in [5.74, 6) is 0.548. The van der Waals surface area contributed by atoms with E-state index in [2.05, 4.69) is 0 Å². The summed E-state index contributed by atoms with van der Waals surface area (Å²) in [4.78, 5) is 12.3. The summed E-state index contributed by atoms with van der Waals surface area (Å²) in [6, 6.07) is 9.60. The van der Waals surface area contributed by atoms with Crippen LogP contribution in [0.4, 0.5) is 5.69 Å². The first-order valence-corrected chi connectivity index (χ1v) is 5.65. The highest BCUT2D eigenvalue weighted by Crippen LogP contribution is 2.22. The van der Waals surface area contributed by atoms with Crippen molar-refractivity contribution in [3.05, 3.63) is 41.3 Å². The Morgan fingerprint density at radius 3 is 2.68 bits per heavy atom. The summed E-state index contributed by atoms with van der Waals surface area (Å²) in [5.41, 5.74) is 7.54. The lowest BCUT2D eigenvalue weighted by Crippen LogP contribution is -2.20. The maximum atomic E-state index is 12.3. The number of hydrogen-bond donors (Lipinski definition) is 2. The Hall–Kier alpha value is -2.76. The molecule has 0 bridgehead atoms. The van der Waals surface area contributed by atoms with Crippen molar-refractivity contribution in [1.82, 2.24) is 4.73 Å². The van der Waals surface area contributed by atoms with Crippen LogP contribution in [0.25, 0.3) is 22.1 Å². The van der Waals surface area contributed by atoms with Gasteiger partial charge in [-0.2, -0.15) is 4.73 Å². The maximum absolute atomic E-state index is 12.3. The van der Waals surface area contributed by atoms with Crippen molar-refractivity contribution in [3.8, 4) is 5.75 Å². The van der Waals surface area contributed by atoms with Gasteiger partial charge in [-0.25, -0.2) is 0 Å². The quantitative estimate of drug-likeness (QED) is 0.300. The number of hydrogen-bond acceptors (Lipinski definition) is 4. The van der Waals surface area contributed by atoms with Crippen LogP contribution in [0.3, 0.4) is 0 Å². The van der Waals surface area contributed by atoms with Crippen molar-refractivity contribution in [2.45, 2.75) is 0 Å². The van der Waals surface area contributed by atoms with Crippen molar-refractivity contribution >= 4 is 27.8 Å². The minimum absolute atomic E-state index is 0.319. The van der Waals surface area contributed by atoms with E-state index < -0.39 is 0 Å². The van der Waals surface area contributed by atoms with Gasteiger partial charge in [0, 0.05) is 16.7 Å². The molecule has 0 radical (unpaired) electrons. The molecule has 0 aliphatic carbocycles. The van der Waals surface area contributed by atoms with Gasteiger partial charge in [-0.05, 0) is 24.3 Å². The van der Waals surface area contributed by atoms with Gasteiger partial charge in [-0.15, -0.1) is 0 Å².